The molecule has 1 saturated heterocycles. The maximum Gasteiger partial charge on any atom is 0.129 e. The molecule has 146 valence electrons. The van der Waals surface area contributed by atoms with Gasteiger partial charge < -0.3 is 10.2 Å². The minimum Gasteiger partial charge on any atom is -0.385 e. The fourth-order valence-corrected chi connectivity index (χ4v) is 4.12. The number of rotatable bonds is 6. The van der Waals surface area contributed by atoms with Crippen molar-refractivity contribution >= 4 is 28.1 Å². The Kier molecular flexibility index (Phi) is 6.10. The topological polar surface area (TPSA) is 31.4 Å². The molecule has 1 aliphatic rings. The van der Waals surface area contributed by atoms with Gasteiger partial charge in [0.25, 0.3) is 0 Å². The number of likely N-dealkylation sites (N-methyl/N-ethyl adjacent to an activating group) is 1. The summed E-state index contributed by atoms with van der Waals surface area (Å²) in [5.41, 5.74) is 2.55. The summed E-state index contributed by atoms with van der Waals surface area (Å²) in [6.45, 7) is 5.41. The minimum absolute atomic E-state index is 0.482. The van der Waals surface area contributed by atoms with Crippen LogP contribution in [0.4, 0.5) is 5.69 Å². The van der Waals surface area contributed by atoms with Crippen LogP contribution in [0.1, 0.15) is 18.0 Å². The summed E-state index contributed by atoms with van der Waals surface area (Å²) in [6, 6.07) is 19.6. The molecule has 1 fully saturated rings. The maximum absolute atomic E-state index is 6.02. The molecule has 1 atom stereocenters. The van der Waals surface area contributed by atoms with E-state index in [1.165, 1.54) is 5.56 Å². The molecule has 1 aliphatic heterocycles. The molecule has 1 N–H and O–H groups in total. The highest BCUT2D eigenvalue weighted by Gasteiger charge is 2.25. The van der Waals surface area contributed by atoms with E-state index in [2.05, 4.69) is 75.7 Å². The van der Waals surface area contributed by atoms with Crippen LogP contribution in [-0.4, -0.2) is 54.6 Å². The fourth-order valence-electron chi connectivity index (χ4n) is 3.95. The minimum atomic E-state index is 0.482. The van der Waals surface area contributed by atoms with Gasteiger partial charge in [0.05, 0.1) is 0 Å². The Morgan fingerprint density at radius 2 is 1.93 bits per heavy atom. The first-order valence-electron chi connectivity index (χ1n) is 9.96. The third-order valence-corrected chi connectivity index (χ3v) is 5.72. The van der Waals surface area contributed by atoms with E-state index in [1.807, 2.05) is 12.3 Å². The maximum atomic E-state index is 6.02. The van der Waals surface area contributed by atoms with Crippen molar-refractivity contribution < 1.29 is 0 Å². The van der Waals surface area contributed by atoms with E-state index < -0.39 is 0 Å². The number of nitrogens with one attached hydrogen (secondary N) is 1. The van der Waals surface area contributed by atoms with Crippen LogP contribution < -0.4 is 5.32 Å². The SMILES string of the molecule is CN1CCN(CCCNc2ccc3cnc(Cl)cc3c2)C(c2ccccc2)C1. The van der Waals surface area contributed by atoms with Gasteiger partial charge in [-0.3, -0.25) is 4.90 Å². The van der Waals surface area contributed by atoms with Gasteiger partial charge in [-0.05, 0) is 42.6 Å². The van der Waals surface area contributed by atoms with Gasteiger partial charge in [-0.1, -0.05) is 48.0 Å². The molecule has 0 bridgehead atoms. The molecule has 2 heterocycles. The van der Waals surface area contributed by atoms with E-state index in [0.29, 0.717) is 11.2 Å². The zero-order valence-electron chi connectivity index (χ0n) is 16.3. The van der Waals surface area contributed by atoms with Crippen molar-refractivity contribution in [1.82, 2.24) is 14.8 Å². The highest BCUT2D eigenvalue weighted by molar-refractivity contribution is 6.30. The molecule has 28 heavy (non-hydrogen) atoms. The van der Waals surface area contributed by atoms with Crippen LogP contribution in [0.25, 0.3) is 10.8 Å². The van der Waals surface area contributed by atoms with Gasteiger partial charge in [0, 0.05) is 56.0 Å². The molecule has 4 rings (SSSR count). The van der Waals surface area contributed by atoms with Gasteiger partial charge in [-0.15, -0.1) is 0 Å². The van der Waals surface area contributed by atoms with Gasteiger partial charge >= 0.3 is 0 Å². The van der Waals surface area contributed by atoms with Crippen LogP contribution in [0.3, 0.4) is 0 Å². The Bertz CT molecular complexity index is 915. The third kappa shape index (κ3) is 4.64. The lowest BCUT2D eigenvalue weighted by molar-refractivity contribution is 0.0897. The van der Waals surface area contributed by atoms with Gasteiger partial charge in [0.1, 0.15) is 5.15 Å². The first-order valence-corrected chi connectivity index (χ1v) is 10.3. The Hall–Kier alpha value is -2.14. The van der Waals surface area contributed by atoms with Crippen LogP contribution in [0.2, 0.25) is 5.15 Å². The Morgan fingerprint density at radius 1 is 1.07 bits per heavy atom. The largest absolute Gasteiger partial charge is 0.385 e. The highest BCUT2D eigenvalue weighted by Crippen LogP contribution is 2.25. The summed E-state index contributed by atoms with van der Waals surface area (Å²) < 4.78 is 0. The van der Waals surface area contributed by atoms with Crippen molar-refractivity contribution in [3.8, 4) is 0 Å². The van der Waals surface area contributed by atoms with E-state index in [1.54, 1.807) is 0 Å². The van der Waals surface area contributed by atoms with Crippen LogP contribution >= 0.6 is 11.6 Å². The zero-order valence-corrected chi connectivity index (χ0v) is 17.1. The predicted molar refractivity (Wildman–Crippen MR) is 118 cm³/mol. The number of anilines is 1. The van der Waals surface area contributed by atoms with Crippen molar-refractivity contribution in [3.63, 3.8) is 0 Å². The number of fused-ring (bicyclic) bond motifs is 1. The lowest BCUT2D eigenvalue weighted by atomic mass is 10.0. The van der Waals surface area contributed by atoms with Crippen molar-refractivity contribution in [2.75, 3.05) is 45.1 Å². The normalized spacial score (nSPS) is 18.4. The summed E-state index contributed by atoms with van der Waals surface area (Å²) >= 11 is 6.02. The first-order chi connectivity index (χ1) is 13.7. The number of hydrogen-bond donors (Lipinski definition) is 1. The average Bonchev–Trinajstić information content (AvgIpc) is 2.72. The Balaban J connectivity index is 1.34. The van der Waals surface area contributed by atoms with Crippen LogP contribution in [0, 0.1) is 0 Å². The third-order valence-electron chi connectivity index (χ3n) is 5.52. The molecule has 0 spiro atoms. The fraction of sp³-hybridized carbons (Fsp3) is 0.348. The summed E-state index contributed by atoms with van der Waals surface area (Å²) in [5.74, 6) is 0. The van der Waals surface area contributed by atoms with Crippen LogP contribution in [0.5, 0.6) is 0 Å². The van der Waals surface area contributed by atoms with Crippen LogP contribution in [0.15, 0.2) is 60.8 Å². The Labute approximate surface area is 172 Å². The summed E-state index contributed by atoms with van der Waals surface area (Å²) in [7, 11) is 2.22. The molecule has 0 radical (unpaired) electrons. The van der Waals surface area contributed by atoms with Crippen molar-refractivity contribution in [1.29, 1.82) is 0 Å². The van der Waals surface area contributed by atoms with E-state index in [0.717, 1.165) is 55.6 Å². The summed E-state index contributed by atoms with van der Waals surface area (Å²) in [4.78, 5) is 9.20. The Morgan fingerprint density at radius 3 is 2.79 bits per heavy atom. The molecule has 4 nitrogen and oxygen atoms in total. The number of piperazine rings is 1. The lowest BCUT2D eigenvalue weighted by Crippen LogP contribution is -2.47. The molecule has 5 heteroatoms. The number of halogens is 1. The lowest BCUT2D eigenvalue weighted by Gasteiger charge is -2.40. The number of hydrogen-bond acceptors (Lipinski definition) is 4. The molecule has 1 unspecified atom stereocenters. The summed E-state index contributed by atoms with van der Waals surface area (Å²) in [5, 5.41) is 6.32. The van der Waals surface area contributed by atoms with Gasteiger partial charge in [-0.2, -0.15) is 0 Å². The number of aromatic nitrogens is 1. The van der Waals surface area contributed by atoms with E-state index >= 15 is 0 Å². The summed E-state index contributed by atoms with van der Waals surface area (Å²) in [6.07, 6.45) is 2.93. The second-order valence-electron chi connectivity index (χ2n) is 7.57. The molecule has 0 saturated carbocycles. The van der Waals surface area contributed by atoms with Crippen molar-refractivity contribution in [3.05, 3.63) is 71.5 Å². The number of benzene rings is 2. The molecule has 0 amide bonds. The molecule has 0 aliphatic carbocycles. The van der Waals surface area contributed by atoms with E-state index in [4.69, 9.17) is 11.6 Å². The predicted octanol–water partition coefficient (Wildman–Crippen LogP) is 4.68. The van der Waals surface area contributed by atoms with Gasteiger partial charge in [0.15, 0.2) is 0 Å². The number of nitrogens with zero attached hydrogens (tertiary/aromatic N) is 3. The van der Waals surface area contributed by atoms with Crippen LogP contribution in [-0.2, 0) is 0 Å². The number of pyridine rings is 1. The quantitative estimate of drug-likeness (QED) is 0.486. The average molecular weight is 395 g/mol. The molecule has 1 aromatic heterocycles. The smallest absolute Gasteiger partial charge is 0.129 e. The van der Waals surface area contributed by atoms with Gasteiger partial charge in [-0.25, -0.2) is 4.98 Å². The first kappa shape index (κ1) is 19.2. The van der Waals surface area contributed by atoms with Crippen molar-refractivity contribution in [2.24, 2.45) is 0 Å². The monoisotopic (exact) mass is 394 g/mol. The molecule has 2 aromatic carbocycles. The molecular formula is C23H27ClN4. The van der Waals surface area contributed by atoms with E-state index in [-0.39, 0.29) is 0 Å². The second kappa shape index (κ2) is 8.91. The molecular weight excluding hydrogens is 368 g/mol. The second-order valence-corrected chi connectivity index (χ2v) is 7.96. The zero-order chi connectivity index (χ0) is 19.3. The highest BCUT2D eigenvalue weighted by atomic mass is 35.5. The van der Waals surface area contributed by atoms with Gasteiger partial charge in [0.2, 0.25) is 0 Å². The van der Waals surface area contributed by atoms with E-state index in [9.17, 15) is 0 Å². The van der Waals surface area contributed by atoms with Crippen molar-refractivity contribution in [2.45, 2.75) is 12.5 Å². The molecule has 3 aromatic rings. The standard InChI is InChI=1S/C23H27ClN4/c1-27-12-13-28(22(17-27)18-6-3-2-4-7-18)11-5-10-25-21-9-8-19-16-26-23(24)15-20(19)14-21/h2-4,6-9,14-16,22,25H,5,10-13,17H2,1H3.